The third-order valence-corrected chi connectivity index (χ3v) is 5.92. The molecule has 3 heteroatoms. The number of nitrogens with zero attached hydrogens (tertiary/aromatic N) is 1. The normalized spacial score (nSPS) is 16.9. The molecule has 0 saturated heterocycles. The van der Waals surface area contributed by atoms with E-state index in [1.54, 1.807) is 0 Å². The highest BCUT2D eigenvalue weighted by atomic mass is 32.1. The summed E-state index contributed by atoms with van der Waals surface area (Å²) in [6.07, 6.45) is 6.29. The van der Waals surface area contributed by atoms with Gasteiger partial charge in [-0.15, -0.1) is 11.3 Å². The van der Waals surface area contributed by atoms with Gasteiger partial charge in [-0.25, -0.2) is 0 Å². The van der Waals surface area contributed by atoms with Crippen molar-refractivity contribution in [3.05, 3.63) is 57.3 Å². The van der Waals surface area contributed by atoms with Gasteiger partial charge in [-0.3, -0.25) is 4.79 Å². The maximum absolute atomic E-state index is 12.9. The maximum atomic E-state index is 12.9. The van der Waals surface area contributed by atoms with E-state index in [1.807, 2.05) is 11.3 Å². The largest absolute Gasteiger partial charge is 0.331 e. The van der Waals surface area contributed by atoms with Crippen LogP contribution in [-0.2, 0) is 11.2 Å². The Morgan fingerprint density at radius 3 is 2.71 bits per heavy atom. The molecule has 2 heterocycles. The first-order valence-electron chi connectivity index (χ1n) is 9.13. The number of thiophene rings is 1. The van der Waals surface area contributed by atoms with Gasteiger partial charge < -0.3 is 4.90 Å². The zero-order valence-corrected chi connectivity index (χ0v) is 15.6. The van der Waals surface area contributed by atoms with E-state index < -0.39 is 0 Å². The average Bonchev–Trinajstić information content (AvgIpc) is 3.07. The van der Waals surface area contributed by atoms with Gasteiger partial charge in [0.05, 0.1) is 6.04 Å². The molecule has 1 aliphatic heterocycles. The summed E-state index contributed by atoms with van der Waals surface area (Å²) in [5.74, 6) is 0.313. The molecular weight excluding hydrogens is 314 g/mol. The van der Waals surface area contributed by atoms with Crippen LogP contribution in [0.3, 0.4) is 0 Å². The molecule has 24 heavy (non-hydrogen) atoms. The van der Waals surface area contributed by atoms with Crippen LogP contribution in [0.5, 0.6) is 0 Å². The van der Waals surface area contributed by atoms with Gasteiger partial charge in [0, 0.05) is 17.8 Å². The third kappa shape index (κ3) is 3.72. The topological polar surface area (TPSA) is 20.3 Å². The number of amides is 1. The van der Waals surface area contributed by atoms with Crippen molar-refractivity contribution < 1.29 is 4.79 Å². The van der Waals surface area contributed by atoms with E-state index in [1.165, 1.54) is 34.4 Å². The molecule has 0 saturated carbocycles. The van der Waals surface area contributed by atoms with Crippen LogP contribution < -0.4 is 0 Å². The Balaban J connectivity index is 1.82. The minimum atomic E-state index is 0.0966. The number of rotatable bonds is 6. The van der Waals surface area contributed by atoms with Gasteiger partial charge in [0.15, 0.2) is 0 Å². The fraction of sp³-hybridized carbons (Fsp3) is 0.476. The molecule has 1 unspecified atom stereocenters. The number of aryl methyl sites for hydroxylation is 1. The summed E-state index contributed by atoms with van der Waals surface area (Å²) in [6, 6.07) is 11.0. The lowest BCUT2D eigenvalue weighted by molar-refractivity contribution is -0.133. The summed E-state index contributed by atoms with van der Waals surface area (Å²) >= 11 is 1.83. The van der Waals surface area contributed by atoms with Crippen LogP contribution >= 0.6 is 11.3 Å². The molecule has 3 rings (SSSR count). The van der Waals surface area contributed by atoms with Gasteiger partial charge in [0.2, 0.25) is 5.91 Å². The van der Waals surface area contributed by atoms with E-state index in [-0.39, 0.29) is 6.04 Å². The summed E-state index contributed by atoms with van der Waals surface area (Å²) in [5, 5.41) is 2.17. The molecule has 128 valence electrons. The number of carbonyl (C=O) groups excluding carboxylic acids is 1. The van der Waals surface area contributed by atoms with E-state index in [4.69, 9.17) is 0 Å². The van der Waals surface area contributed by atoms with Crippen molar-refractivity contribution in [2.45, 2.75) is 58.4 Å². The Morgan fingerprint density at radius 1 is 1.17 bits per heavy atom. The fourth-order valence-electron chi connectivity index (χ4n) is 3.54. The highest BCUT2D eigenvalue weighted by molar-refractivity contribution is 7.10. The lowest BCUT2D eigenvalue weighted by Gasteiger charge is -2.36. The number of carbonyl (C=O) groups is 1. The Labute approximate surface area is 149 Å². The summed E-state index contributed by atoms with van der Waals surface area (Å²) in [7, 11) is 0. The Bertz CT molecular complexity index is 673. The van der Waals surface area contributed by atoms with Crippen LogP contribution in [0.1, 0.15) is 66.6 Å². The predicted octanol–water partition coefficient (Wildman–Crippen LogP) is 5.50. The van der Waals surface area contributed by atoms with E-state index in [0.29, 0.717) is 12.3 Å². The zero-order chi connectivity index (χ0) is 16.9. The van der Waals surface area contributed by atoms with Crippen LogP contribution in [0.2, 0.25) is 0 Å². The number of hydrogen-bond donors (Lipinski definition) is 0. The number of fused-ring (bicyclic) bond motifs is 1. The summed E-state index contributed by atoms with van der Waals surface area (Å²) in [6.45, 7) is 5.16. The number of benzene rings is 1. The zero-order valence-electron chi connectivity index (χ0n) is 14.8. The SMILES string of the molecule is CCCCCCC(=O)N1CCc2sccc2C1c1ccc(C)cc1. The highest BCUT2D eigenvalue weighted by Crippen LogP contribution is 2.38. The van der Waals surface area contributed by atoms with Crippen molar-refractivity contribution in [3.8, 4) is 0 Å². The first-order chi connectivity index (χ1) is 11.7. The van der Waals surface area contributed by atoms with E-state index >= 15 is 0 Å². The second-order valence-electron chi connectivity index (χ2n) is 6.76. The third-order valence-electron chi connectivity index (χ3n) is 4.92. The van der Waals surface area contributed by atoms with Crippen LogP contribution in [-0.4, -0.2) is 17.4 Å². The predicted molar refractivity (Wildman–Crippen MR) is 102 cm³/mol. The minimum absolute atomic E-state index is 0.0966. The minimum Gasteiger partial charge on any atom is -0.331 e. The lowest BCUT2D eigenvalue weighted by atomic mass is 9.92. The molecule has 0 fully saturated rings. The second-order valence-corrected chi connectivity index (χ2v) is 7.76. The molecule has 1 aromatic heterocycles. The molecule has 0 aliphatic carbocycles. The first-order valence-corrected chi connectivity index (χ1v) is 10.0. The monoisotopic (exact) mass is 341 g/mol. The molecule has 0 spiro atoms. The second kappa shape index (κ2) is 7.98. The Morgan fingerprint density at radius 2 is 1.96 bits per heavy atom. The quantitative estimate of drug-likeness (QED) is 0.635. The summed E-state index contributed by atoms with van der Waals surface area (Å²) in [5.41, 5.74) is 3.83. The smallest absolute Gasteiger partial charge is 0.223 e. The van der Waals surface area contributed by atoms with Gasteiger partial charge in [-0.05, 0) is 42.3 Å². The highest BCUT2D eigenvalue weighted by Gasteiger charge is 2.32. The van der Waals surface area contributed by atoms with Crippen molar-refractivity contribution in [1.82, 2.24) is 4.90 Å². The molecule has 0 bridgehead atoms. The molecule has 2 nitrogen and oxygen atoms in total. The van der Waals surface area contributed by atoms with Crippen molar-refractivity contribution >= 4 is 17.2 Å². The maximum Gasteiger partial charge on any atom is 0.223 e. The molecule has 1 aromatic carbocycles. The van der Waals surface area contributed by atoms with Gasteiger partial charge >= 0.3 is 0 Å². The molecule has 0 N–H and O–H groups in total. The molecule has 0 radical (unpaired) electrons. The summed E-state index contributed by atoms with van der Waals surface area (Å²) in [4.78, 5) is 16.4. The molecule has 1 aliphatic rings. The lowest BCUT2D eigenvalue weighted by Crippen LogP contribution is -2.40. The van der Waals surface area contributed by atoms with E-state index in [0.717, 1.165) is 25.8 Å². The van der Waals surface area contributed by atoms with Crippen molar-refractivity contribution in [1.29, 1.82) is 0 Å². The van der Waals surface area contributed by atoms with Gasteiger partial charge in [0.1, 0.15) is 0 Å². The van der Waals surface area contributed by atoms with E-state index in [2.05, 4.69) is 54.5 Å². The first kappa shape index (κ1) is 17.2. The Kier molecular flexibility index (Phi) is 5.72. The van der Waals surface area contributed by atoms with Gasteiger partial charge in [-0.1, -0.05) is 56.0 Å². The van der Waals surface area contributed by atoms with E-state index in [9.17, 15) is 4.79 Å². The molecule has 1 atom stereocenters. The average molecular weight is 342 g/mol. The van der Waals surface area contributed by atoms with Gasteiger partial charge in [0.25, 0.3) is 0 Å². The fourth-order valence-corrected chi connectivity index (χ4v) is 4.44. The molecule has 1 amide bonds. The van der Waals surface area contributed by atoms with Crippen LogP contribution in [0, 0.1) is 6.92 Å². The van der Waals surface area contributed by atoms with Gasteiger partial charge in [-0.2, -0.15) is 0 Å². The molecule has 2 aromatic rings. The Hall–Kier alpha value is -1.61. The summed E-state index contributed by atoms with van der Waals surface area (Å²) < 4.78 is 0. The number of unbranched alkanes of at least 4 members (excludes halogenated alkanes) is 3. The van der Waals surface area contributed by atoms with Crippen LogP contribution in [0.25, 0.3) is 0 Å². The van der Waals surface area contributed by atoms with Crippen molar-refractivity contribution in [2.75, 3.05) is 6.54 Å². The van der Waals surface area contributed by atoms with Crippen LogP contribution in [0.15, 0.2) is 35.7 Å². The number of hydrogen-bond acceptors (Lipinski definition) is 2. The van der Waals surface area contributed by atoms with Crippen molar-refractivity contribution in [2.24, 2.45) is 0 Å². The molecular formula is C21H27NOS. The standard InChI is InChI=1S/C21H27NOS/c1-3-4-5-6-7-20(23)22-14-12-19-18(13-15-24-19)21(22)17-10-8-16(2)9-11-17/h8-11,13,15,21H,3-7,12,14H2,1-2H3. The van der Waals surface area contributed by atoms with Crippen molar-refractivity contribution in [3.63, 3.8) is 0 Å². The van der Waals surface area contributed by atoms with Crippen LogP contribution in [0.4, 0.5) is 0 Å².